The van der Waals surface area contributed by atoms with Gasteiger partial charge in [0.05, 0.1) is 45.5 Å². The van der Waals surface area contributed by atoms with Crippen LogP contribution >= 0.6 is 11.6 Å². The van der Waals surface area contributed by atoms with Gasteiger partial charge in [-0.05, 0) is 41.1 Å². The van der Waals surface area contributed by atoms with Gasteiger partial charge >= 0.3 is 0 Å². The van der Waals surface area contributed by atoms with E-state index in [2.05, 4.69) is 35.5 Å². The SMILES string of the molecule is CC1CC(c2ncc(-c3ccc(N)nc3F)[nH]2)n2c1nc(-c1c(-n3cnnn3)ccc(Cl)c1F)cc2=O. The number of nitrogen functional groups attached to an aromatic ring is 1. The monoisotopic (exact) mass is 522 g/mol. The molecule has 1 aliphatic rings. The second kappa shape index (κ2) is 8.55. The van der Waals surface area contributed by atoms with Gasteiger partial charge in [-0.15, -0.1) is 5.10 Å². The van der Waals surface area contributed by atoms with Crippen LogP contribution in [0.25, 0.3) is 28.2 Å². The molecule has 5 aromatic rings. The van der Waals surface area contributed by atoms with Crippen LogP contribution in [0.4, 0.5) is 14.6 Å². The summed E-state index contributed by atoms with van der Waals surface area (Å²) in [6, 6.07) is 6.67. The average Bonchev–Trinajstić information content (AvgIpc) is 3.62. The van der Waals surface area contributed by atoms with Gasteiger partial charge in [0, 0.05) is 12.0 Å². The number of nitrogens with one attached hydrogen (secondary N) is 1. The van der Waals surface area contributed by atoms with Crippen LogP contribution in [-0.4, -0.2) is 44.7 Å². The molecule has 186 valence electrons. The number of nitrogens with two attached hydrogens (primary N) is 1. The van der Waals surface area contributed by atoms with E-state index in [1.54, 1.807) is 6.07 Å². The number of aromatic nitrogens is 9. The first kappa shape index (κ1) is 22.9. The fourth-order valence-corrected chi connectivity index (χ4v) is 4.77. The summed E-state index contributed by atoms with van der Waals surface area (Å²) in [4.78, 5) is 29.2. The molecule has 2 atom stereocenters. The molecule has 0 amide bonds. The van der Waals surface area contributed by atoms with E-state index >= 15 is 4.39 Å². The summed E-state index contributed by atoms with van der Waals surface area (Å²) in [5.41, 5.74) is 6.11. The van der Waals surface area contributed by atoms with Gasteiger partial charge in [0.25, 0.3) is 5.56 Å². The quantitative estimate of drug-likeness (QED) is 0.342. The van der Waals surface area contributed by atoms with E-state index in [0.29, 0.717) is 23.8 Å². The highest BCUT2D eigenvalue weighted by Crippen LogP contribution is 2.39. The number of fused-ring (bicyclic) bond motifs is 1. The molecule has 1 aliphatic heterocycles. The topological polar surface area (TPSA) is 146 Å². The van der Waals surface area contributed by atoms with Crippen LogP contribution < -0.4 is 11.3 Å². The predicted molar refractivity (Wildman–Crippen MR) is 129 cm³/mol. The second-order valence-corrected chi connectivity index (χ2v) is 9.03. The highest BCUT2D eigenvalue weighted by molar-refractivity contribution is 6.31. The number of aromatic amines is 1. The molecule has 4 aromatic heterocycles. The van der Waals surface area contributed by atoms with Crippen molar-refractivity contribution in [3.05, 3.63) is 81.6 Å². The second-order valence-electron chi connectivity index (χ2n) is 8.63. The van der Waals surface area contributed by atoms with E-state index in [0.717, 1.165) is 0 Å². The number of rotatable bonds is 4. The van der Waals surface area contributed by atoms with E-state index < -0.39 is 23.4 Å². The zero-order chi connectivity index (χ0) is 25.8. The summed E-state index contributed by atoms with van der Waals surface area (Å²) in [6.07, 6.45) is 3.28. The number of halogens is 3. The Morgan fingerprint density at radius 1 is 1.19 bits per heavy atom. The minimum absolute atomic E-state index is 0.00237. The Hall–Kier alpha value is -4.52. The van der Waals surface area contributed by atoms with E-state index in [9.17, 15) is 9.18 Å². The molecule has 0 bridgehead atoms. The lowest BCUT2D eigenvalue weighted by molar-refractivity contribution is 0.555. The van der Waals surface area contributed by atoms with Gasteiger partial charge in [0.15, 0.2) is 5.82 Å². The van der Waals surface area contributed by atoms with Crippen molar-refractivity contribution >= 4 is 17.4 Å². The fourth-order valence-electron chi connectivity index (χ4n) is 4.62. The molecule has 0 saturated heterocycles. The number of H-pyrrole nitrogens is 1. The maximum absolute atomic E-state index is 15.3. The van der Waals surface area contributed by atoms with Crippen LogP contribution in [0.1, 0.15) is 37.0 Å². The summed E-state index contributed by atoms with van der Waals surface area (Å²) in [6.45, 7) is 1.91. The Bertz CT molecular complexity index is 1720. The number of hydrogen-bond acceptors (Lipinski definition) is 8. The van der Waals surface area contributed by atoms with Crippen molar-refractivity contribution in [3.63, 3.8) is 0 Å². The molecular formula is C23H17ClF2N10O. The molecule has 6 rings (SSSR count). The fraction of sp³-hybridized carbons (Fsp3) is 0.174. The molecule has 1 aromatic carbocycles. The molecule has 0 spiro atoms. The van der Waals surface area contributed by atoms with Gasteiger partial charge in [-0.2, -0.15) is 9.07 Å². The van der Waals surface area contributed by atoms with Crippen LogP contribution in [0, 0.1) is 11.8 Å². The molecule has 37 heavy (non-hydrogen) atoms. The lowest BCUT2D eigenvalue weighted by Gasteiger charge is -2.15. The first-order valence-electron chi connectivity index (χ1n) is 11.1. The van der Waals surface area contributed by atoms with Crippen molar-refractivity contribution in [2.45, 2.75) is 25.3 Å². The molecule has 11 nitrogen and oxygen atoms in total. The summed E-state index contributed by atoms with van der Waals surface area (Å²) in [5, 5.41) is 10.9. The predicted octanol–water partition coefficient (Wildman–Crippen LogP) is 3.28. The minimum Gasteiger partial charge on any atom is -0.384 e. The maximum atomic E-state index is 15.3. The van der Waals surface area contributed by atoms with Crippen molar-refractivity contribution in [2.24, 2.45) is 0 Å². The Labute approximate surface area is 212 Å². The molecule has 0 radical (unpaired) electrons. The number of hydrogen-bond donors (Lipinski definition) is 2. The first-order valence-corrected chi connectivity index (χ1v) is 11.5. The average molecular weight is 523 g/mol. The van der Waals surface area contributed by atoms with E-state index in [4.69, 9.17) is 17.3 Å². The molecule has 5 heterocycles. The van der Waals surface area contributed by atoms with Gasteiger partial charge in [0.1, 0.15) is 23.8 Å². The van der Waals surface area contributed by atoms with Crippen molar-refractivity contribution in [3.8, 4) is 28.2 Å². The van der Waals surface area contributed by atoms with Gasteiger partial charge in [-0.3, -0.25) is 9.36 Å². The minimum atomic E-state index is -0.747. The molecule has 14 heteroatoms. The highest BCUT2D eigenvalue weighted by atomic mass is 35.5. The van der Waals surface area contributed by atoms with Crippen LogP contribution in [0.15, 0.2) is 47.7 Å². The first-order chi connectivity index (χ1) is 17.8. The van der Waals surface area contributed by atoms with E-state index in [1.807, 2.05) is 6.92 Å². The third kappa shape index (κ3) is 3.74. The van der Waals surface area contributed by atoms with Crippen LogP contribution in [0.5, 0.6) is 0 Å². The van der Waals surface area contributed by atoms with Crippen molar-refractivity contribution in [2.75, 3.05) is 5.73 Å². The lowest BCUT2D eigenvalue weighted by Crippen LogP contribution is -2.25. The number of pyridine rings is 1. The van der Waals surface area contributed by atoms with Crippen LogP contribution in [-0.2, 0) is 0 Å². The summed E-state index contributed by atoms with van der Waals surface area (Å²) in [5.74, 6) is -0.679. The third-order valence-electron chi connectivity index (χ3n) is 6.31. The van der Waals surface area contributed by atoms with E-state index in [1.165, 1.54) is 46.0 Å². The van der Waals surface area contributed by atoms with Crippen LogP contribution in [0.2, 0.25) is 5.02 Å². The smallest absolute Gasteiger partial charge is 0.254 e. The Morgan fingerprint density at radius 3 is 2.78 bits per heavy atom. The van der Waals surface area contributed by atoms with Gasteiger partial charge in [0.2, 0.25) is 5.95 Å². The zero-order valence-electron chi connectivity index (χ0n) is 19.1. The Kier molecular flexibility index (Phi) is 5.30. The lowest BCUT2D eigenvalue weighted by atomic mass is 10.1. The number of anilines is 1. The third-order valence-corrected chi connectivity index (χ3v) is 6.60. The molecule has 3 N–H and O–H groups in total. The van der Waals surface area contributed by atoms with Gasteiger partial charge in [-0.1, -0.05) is 18.5 Å². The molecule has 0 fully saturated rings. The molecule has 2 unspecified atom stereocenters. The summed E-state index contributed by atoms with van der Waals surface area (Å²) in [7, 11) is 0. The van der Waals surface area contributed by atoms with Crippen molar-refractivity contribution in [1.82, 2.24) is 44.7 Å². The number of benzene rings is 1. The largest absolute Gasteiger partial charge is 0.384 e. The molecule has 0 aliphatic carbocycles. The Morgan fingerprint density at radius 2 is 2.03 bits per heavy atom. The summed E-state index contributed by atoms with van der Waals surface area (Å²) < 4.78 is 32.4. The van der Waals surface area contributed by atoms with E-state index in [-0.39, 0.29) is 39.3 Å². The molecule has 0 saturated carbocycles. The number of tetrazole rings is 1. The van der Waals surface area contributed by atoms with Gasteiger partial charge in [-0.25, -0.2) is 19.3 Å². The van der Waals surface area contributed by atoms with Gasteiger partial charge < -0.3 is 10.7 Å². The zero-order valence-corrected chi connectivity index (χ0v) is 19.9. The normalized spacial score (nSPS) is 16.8. The van der Waals surface area contributed by atoms with Crippen molar-refractivity contribution < 1.29 is 8.78 Å². The van der Waals surface area contributed by atoms with Crippen molar-refractivity contribution in [1.29, 1.82) is 0 Å². The standard InChI is InChI=1S/C23H17ClF2N10O/c1-10-6-16(22-28-8-14(30-22)11-2-5-17(27)32-21(11)26)36-18(37)7-13(31-23(10)36)19-15(35-9-29-33-34-35)4-3-12(24)20(19)25/h2-5,7-10,16H,6H2,1H3,(H2,27,32)(H,28,30). The van der Waals surface area contributed by atoms with Crippen LogP contribution in [0.3, 0.4) is 0 Å². The number of imidazole rings is 1. The summed E-state index contributed by atoms with van der Waals surface area (Å²) >= 11 is 6.06. The molecular weight excluding hydrogens is 506 g/mol. The number of nitrogens with zero attached hydrogens (tertiary/aromatic N) is 8. The maximum Gasteiger partial charge on any atom is 0.254 e. The highest BCUT2D eigenvalue weighted by Gasteiger charge is 2.34. The Balaban J connectivity index is 1.44.